The van der Waals surface area contributed by atoms with E-state index in [-0.39, 0.29) is 23.8 Å². The highest BCUT2D eigenvalue weighted by atomic mass is 35.5. The van der Waals surface area contributed by atoms with Gasteiger partial charge in [-0.25, -0.2) is 22.6 Å². The zero-order valence-electron chi connectivity index (χ0n) is 24.4. The van der Waals surface area contributed by atoms with E-state index in [0.717, 1.165) is 0 Å². The molecule has 1 N–H and O–H groups in total. The van der Waals surface area contributed by atoms with Crippen LogP contribution >= 0.6 is 11.6 Å². The molecule has 1 aliphatic heterocycles. The van der Waals surface area contributed by atoms with E-state index in [2.05, 4.69) is 10.5 Å². The van der Waals surface area contributed by atoms with Crippen LogP contribution in [0.25, 0.3) is 0 Å². The normalized spacial score (nSPS) is 14.1. The number of benzene rings is 4. The molecular formula is C33H31ClF2N4O4S. The average molecular weight is 653 g/mol. The Kier molecular flexibility index (Phi) is 10.2. The molecule has 1 saturated heterocycles. The van der Waals surface area contributed by atoms with Gasteiger partial charge in [-0.05, 0) is 78.7 Å². The SMILES string of the molecule is C/C(=N\NC(=O)c1ccc(CN(Cc2ccc(F)cc2)S(=O)(=O)c2ccc(Cl)cc2)cc1)c1ccc(N2CCOCC2)c(F)c1. The number of sulfonamides is 1. The number of nitrogens with zero attached hydrogens (tertiary/aromatic N) is 3. The van der Waals surface area contributed by atoms with Crippen molar-refractivity contribution in [2.45, 2.75) is 24.9 Å². The van der Waals surface area contributed by atoms with Crippen molar-refractivity contribution in [3.63, 3.8) is 0 Å². The Morgan fingerprint density at radius 2 is 1.47 bits per heavy atom. The van der Waals surface area contributed by atoms with Crippen molar-refractivity contribution >= 4 is 38.9 Å². The summed E-state index contributed by atoms with van der Waals surface area (Å²) in [5, 5.41) is 4.55. The van der Waals surface area contributed by atoms with Crippen LogP contribution in [-0.4, -0.2) is 50.6 Å². The third-order valence-electron chi connectivity index (χ3n) is 7.34. The molecule has 4 aromatic rings. The number of rotatable bonds is 10. The number of carbonyl (C=O) groups is 1. The summed E-state index contributed by atoms with van der Waals surface area (Å²) in [6.45, 7) is 3.98. The molecule has 0 spiro atoms. The van der Waals surface area contributed by atoms with E-state index in [1.165, 1.54) is 58.9 Å². The van der Waals surface area contributed by atoms with Gasteiger partial charge in [0.1, 0.15) is 11.6 Å². The summed E-state index contributed by atoms with van der Waals surface area (Å²) in [6.07, 6.45) is 0. The van der Waals surface area contributed by atoms with Crippen LogP contribution in [0, 0.1) is 11.6 Å². The Hall–Kier alpha value is -4.16. The summed E-state index contributed by atoms with van der Waals surface area (Å²) >= 11 is 5.96. The van der Waals surface area contributed by atoms with Crippen molar-refractivity contribution in [2.75, 3.05) is 31.2 Å². The summed E-state index contributed by atoms with van der Waals surface area (Å²) in [5.41, 5.74) is 5.48. The smallest absolute Gasteiger partial charge is 0.271 e. The third-order valence-corrected chi connectivity index (χ3v) is 9.40. The van der Waals surface area contributed by atoms with Gasteiger partial charge in [0.15, 0.2) is 0 Å². The summed E-state index contributed by atoms with van der Waals surface area (Å²) in [7, 11) is -3.96. The zero-order chi connectivity index (χ0) is 32.0. The first kappa shape index (κ1) is 32.2. The second-order valence-corrected chi connectivity index (χ2v) is 12.8. The molecule has 1 amide bonds. The second kappa shape index (κ2) is 14.3. The molecule has 1 heterocycles. The highest BCUT2D eigenvalue weighted by Crippen LogP contribution is 2.24. The zero-order valence-corrected chi connectivity index (χ0v) is 26.0. The lowest BCUT2D eigenvalue weighted by molar-refractivity contribution is 0.0954. The Morgan fingerprint density at radius 3 is 2.07 bits per heavy atom. The van der Waals surface area contributed by atoms with Gasteiger partial charge in [0, 0.05) is 42.3 Å². The van der Waals surface area contributed by atoms with Gasteiger partial charge in [0.2, 0.25) is 10.0 Å². The predicted octanol–water partition coefficient (Wildman–Crippen LogP) is 6.00. The molecule has 234 valence electrons. The molecule has 0 saturated carbocycles. The Bertz CT molecular complexity index is 1780. The van der Waals surface area contributed by atoms with Gasteiger partial charge in [-0.2, -0.15) is 9.41 Å². The average Bonchev–Trinajstić information content (AvgIpc) is 3.05. The van der Waals surface area contributed by atoms with Crippen LogP contribution in [0.5, 0.6) is 0 Å². The molecule has 0 radical (unpaired) electrons. The molecule has 8 nitrogen and oxygen atoms in total. The lowest BCUT2D eigenvalue weighted by Gasteiger charge is -2.29. The van der Waals surface area contributed by atoms with Crippen LogP contribution in [0.1, 0.15) is 34.0 Å². The van der Waals surface area contributed by atoms with Crippen molar-refractivity contribution < 1.29 is 26.7 Å². The van der Waals surface area contributed by atoms with Gasteiger partial charge in [-0.1, -0.05) is 41.9 Å². The molecule has 45 heavy (non-hydrogen) atoms. The first-order valence-electron chi connectivity index (χ1n) is 14.2. The second-order valence-electron chi connectivity index (χ2n) is 10.5. The van der Waals surface area contributed by atoms with E-state index in [1.54, 1.807) is 43.3 Å². The van der Waals surface area contributed by atoms with E-state index < -0.39 is 21.7 Å². The fourth-order valence-electron chi connectivity index (χ4n) is 4.80. The van der Waals surface area contributed by atoms with Gasteiger partial charge in [-0.15, -0.1) is 0 Å². The lowest BCUT2D eigenvalue weighted by atomic mass is 10.1. The number of carbonyl (C=O) groups excluding carboxylic acids is 1. The Morgan fingerprint density at radius 1 is 0.889 bits per heavy atom. The quantitative estimate of drug-likeness (QED) is 0.168. The molecule has 4 aromatic carbocycles. The van der Waals surface area contributed by atoms with Gasteiger partial charge < -0.3 is 9.64 Å². The minimum absolute atomic E-state index is 0.00447. The number of hydrogen-bond acceptors (Lipinski definition) is 6. The van der Waals surface area contributed by atoms with Crippen LogP contribution in [-0.2, 0) is 27.8 Å². The summed E-state index contributed by atoms with van der Waals surface area (Å²) < 4.78 is 62.1. The largest absolute Gasteiger partial charge is 0.378 e. The highest BCUT2D eigenvalue weighted by molar-refractivity contribution is 7.89. The molecule has 0 bridgehead atoms. The number of halogens is 3. The van der Waals surface area contributed by atoms with Gasteiger partial charge in [0.05, 0.1) is 29.5 Å². The molecule has 0 atom stereocenters. The summed E-state index contributed by atoms with van der Waals surface area (Å²) in [5.74, 6) is -1.28. The maximum absolute atomic E-state index is 14.8. The van der Waals surface area contributed by atoms with E-state index in [4.69, 9.17) is 16.3 Å². The van der Waals surface area contributed by atoms with Crippen LogP contribution in [0.4, 0.5) is 14.5 Å². The number of anilines is 1. The monoisotopic (exact) mass is 652 g/mol. The Labute approximate surface area is 265 Å². The van der Waals surface area contributed by atoms with E-state index in [0.29, 0.717) is 65.0 Å². The standard InChI is InChI=1S/C33H31ClF2N4O4S/c1-23(27-8-15-32(31(36)20-27)39-16-18-44-19-17-39)37-38-33(41)26-6-2-24(3-7-26)21-40(22-25-4-11-29(35)12-5-25)45(42,43)30-13-9-28(34)10-14-30/h2-15,20H,16-19,21-22H2,1H3,(H,38,41)/b37-23+. The minimum atomic E-state index is -3.96. The van der Waals surface area contributed by atoms with Crippen molar-refractivity contribution in [1.82, 2.24) is 9.73 Å². The maximum Gasteiger partial charge on any atom is 0.271 e. The lowest BCUT2D eigenvalue weighted by Crippen LogP contribution is -2.36. The molecule has 0 unspecified atom stereocenters. The van der Waals surface area contributed by atoms with Crippen LogP contribution in [0.2, 0.25) is 5.02 Å². The molecule has 5 rings (SSSR count). The molecule has 1 fully saturated rings. The Balaban J connectivity index is 1.27. The number of ether oxygens (including phenoxy) is 1. The highest BCUT2D eigenvalue weighted by Gasteiger charge is 2.25. The van der Waals surface area contributed by atoms with E-state index in [1.807, 2.05) is 4.90 Å². The summed E-state index contributed by atoms with van der Waals surface area (Å²) in [6, 6.07) is 22.7. The minimum Gasteiger partial charge on any atom is -0.378 e. The van der Waals surface area contributed by atoms with Crippen molar-refractivity contribution in [3.05, 3.63) is 130 Å². The summed E-state index contributed by atoms with van der Waals surface area (Å²) in [4.78, 5) is 14.8. The van der Waals surface area contributed by atoms with Gasteiger partial charge >= 0.3 is 0 Å². The maximum atomic E-state index is 14.8. The predicted molar refractivity (Wildman–Crippen MR) is 170 cm³/mol. The third kappa shape index (κ3) is 8.12. The number of morpholine rings is 1. The molecule has 0 aliphatic carbocycles. The molecule has 12 heteroatoms. The van der Waals surface area contributed by atoms with Crippen molar-refractivity contribution in [1.29, 1.82) is 0 Å². The number of nitrogens with one attached hydrogen (secondary N) is 1. The number of amides is 1. The van der Waals surface area contributed by atoms with Gasteiger partial charge in [0.25, 0.3) is 5.91 Å². The molecular weight excluding hydrogens is 622 g/mol. The number of hydrazone groups is 1. The van der Waals surface area contributed by atoms with E-state index in [9.17, 15) is 22.0 Å². The fourth-order valence-corrected chi connectivity index (χ4v) is 6.34. The fraction of sp³-hybridized carbons (Fsp3) is 0.212. The topological polar surface area (TPSA) is 91.3 Å². The van der Waals surface area contributed by atoms with E-state index >= 15 is 0 Å². The van der Waals surface area contributed by atoms with Gasteiger partial charge in [-0.3, -0.25) is 4.79 Å². The van der Waals surface area contributed by atoms with Crippen molar-refractivity contribution in [2.24, 2.45) is 5.10 Å². The van der Waals surface area contributed by atoms with Crippen molar-refractivity contribution in [3.8, 4) is 0 Å². The van der Waals surface area contributed by atoms with Crippen LogP contribution in [0.15, 0.2) is 101 Å². The molecule has 1 aliphatic rings. The first-order valence-corrected chi connectivity index (χ1v) is 16.0. The van der Waals surface area contributed by atoms with Crippen LogP contribution < -0.4 is 10.3 Å². The first-order chi connectivity index (χ1) is 21.6. The van der Waals surface area contributed by atoms with Crippen LogP contribution in [0.3, 0.4) is 0 Å². The number of hydrogen-bond donors (Lipinski definition) is 1. The molecule has 0 aromatic heterocycles.